The van der Waals surface area contributed by atoms with E-state index in [1.807, 2.05) is 31.2 Å². The quantitative estimate of drug-likeness (QED) is 0.683. The Kier molecular flexibility index (Phi) is 4.89. The minimum Gasteiger partial charge on any atom is -0.497 e. The van der Waals surface area contributed by atoms with Crippen LogP contribution in [0.5, 0.6) is 5.75 Å². The highest BCUT2D eigenvalue weighted by Gasteiger charge is 2.20. The Labute approximate surface area is 168 Å². The normalized spacial score (nSPS) is 15.2. The first-order valence-electron chi connectivity index (χ1n) is 9.41. The fourth-order valence-electron chi connectivity index (χ4n) is 3.59. The van der Waals surface area contributed by atoms with Gasteiger partial charge in [-0.1, -0.05) is 19.1 Å². The minimum atomic E-state index is -0.251. The molecule has 28 heavy (non-hydrogen) atoms. The third kappa shape index (κ3) is 3.28. The molecule has 0 saturated carbocycles. The van der Waals surface area contributed by atoms with E-state index in [0.29, 0.717) is 33.4 Å². The standard InChI is InChI=1S/C20H23N5O2S/c1-12-8-10-24(11-9-12)20-22-17-16(18(26)23-20)19(28)25(13(2)21-17)14-4-6-15(27-3)7-5-14/h4-7,12H,8-11H2,1-3H3,(H,22,23,26). The number of aromatic amines is 1. The van der Waals surface area contributed by atoms with E-state index >= 15 is 0 Å². The molecule has 1 N–H and O–H groups in total. The molecule has 3 heterocycles. The molecule has 1 aliphatic rings. The zero-order chi connectivity index (χ0) is 19.8. The Hall–Kier alpha value is -2.74. The Morgan fingerprint density at radius 1 is 1.18 bits per heavy atom. The van der Waals surface area contributed by atoms with Gasteiger partial charge in [0, 0.05) is 18.8 Å². The second-order valence-corrected chi connectivity index (χ2v) is 7.64. The number of H-pyrrole nitrogens is 1. The molecule has 0 bridgehead atoms. The van der Waals surface area contributed by atoms with Crippen molar-refractivity contribution in [2.24, 2.45) is 5.92 Å². The number of fused-ring (bicyclic) bond motifs is 1. The van der Waals surface area contributed by atoms with Crippen molar-refractivity contribution in [1.29, 1.82) is 0 Å². The molecule has 146 valence electrons. The minimum absolute atomic E-state index is 0.251. The highest BCUT2D eigenvalue weighted by Crippen LogP contribution is 2.22. The largest absolute Gasteiger partial charge is 0.497 e. The van der Waals surface area contributed by atoms with E-state index in [0.717, 1.165) is 37.4 Å². The number of piperidine rings is 1. The number of nitrogens with one attached hydrogen (secondary N) is 1. The second kappa shape index (κ2) is 7.35. The third-order valence-electron chi connectivity index (χ3n) is 5.31. The molecule has 0 spiro atoms. The average molecular weight is 398 g/mol. The van der Waals surface area contributed by atoms with Crippen molar-refractivity contribution in [2.45, 2.75) is 26.7 Å². The zero-order valence-corrected chi connectivity index (χ0v) is 17.0. The van der Waals surface area contributed by atoms with Crippen LogP contribution in [0.2, 0.25) is 0 Å². The first-order valence-corrected chi connectivity index (χ1v) is 9.82. The lowest BCUT2D eigenvalue weighted by Crippen LogP contribution is -2.35. The number of anilines is 1. The molecule has 1 aliphatic heterocycles. The molecule has 1 saturated heterocycles. The SMILES string of the molecule is COc1ccc(-n2c(C)nc3nc(N4CCC(C)CC4)[nH]c(=O)c3c2=S)cc1. The summed E-state index contributed by atoms with van der Waals surface area (Å²) in [7, 11) is 1.62. The molecular formula is C20H23N5O2S. The van der Waals surface area contributed by atoms with Gasteiger partial charge in [-0.25, -0.2) is 4.98 Å². The van der Waals surface area contributed by atoms with E-state index in [2.05, 4.69) is 26.8 Å². The number of aromatic nitrogens is 4. The lowest BCUT2D eigenvalue weighted by atomic mass is 10.00. The summed E-state index contributed by atoms with van der Waals surface area (Å²) in [6.07, 6.45) is 2.18. The van der Waals surface area contributed by atoms with E-state index < -0.39 is 0 Å². The van der Waals surface area contributed by atoms with Gasteiger partial charge in [0.2, 0.25) is 5.95 Å². The number of rotatable bonds is 3. The van der Waals surface area contributed by atoms with E-state index in [1.165, 1.54) is 0 Å². The van der Waals surface area contributed by atoms with E-state index in [-0.39, 0.29) is 5.56 Å². The van der Waals surface area contributed by atoms with Crippen LogP contribution in [0.4, 0.5) is 5.95 Å². The molecule has 2 aromatic heterocycles. The van der Waals surface area contributed by atoms with Crippen LogP contribution in [0.3, 0.4) is 0 Å². The zero-order valence-electron chi connectivity index (χ0n) is 16.2. The molecule has 8 heteroatoms. The molecule has 3 aromatic rings. The lowest BCUT2D eigenvalue weighted by molar-refractivity contribution is 0.414. The maximum atomic E-state index is 12.9. The molecule has 0 aliphatic carbocycles. The van der Waals surface area contributed by atoms with Crippen LogP contribution in [0.15, 0.2) is 29.1 Å². The molecule has 1 fully saturated rings. The predicted octanol–water partition coefficient (Wildman–Crippen LogP) is 3.39. The van der Waals surface area contributed by atoms with Gasteiger partial charge in [-0.3, -0.25) is 14.3 Å². The van der Waals surface area contributed by atoms with Crippen molar-refractivity contribution in [1.82, 2.24) is 19.5 Å². The Morgan fingerprint density at radius 2 is 1.86 bits per heavy atom. The van der Waals surface area contributed by atoms with Gasteiger partial charge in [0.05, 0.1) is 7.11 Å². The fourth-order valence-corrected chi connectivity index (χ4v) is 4.01. The molecular weight excluding hydrogens is 374 g/mol. The topological polar surface area (TPSA) is 76.0 Å². The van der Waals surface area contributed by atoms with Crippen molar-refractivity contribution in [3.05, 3.63) is 45.1 Å². The molecule has 0 atom stereocenters. The maximum Gasteiger partial charge on any atom is 0.264 e. The first kappa shape index (κ1) is 18.6. The second-order valence-electron chi connectivity index (χ2n) is 7.26. The van der Waals surface area contributed by atoms with Crippen LogP contribution >= 0.6 is 12.2 Å². The summed E-state index contributed by atoms with van der Waals surface area (Å²) >= 11 is 5.65. The number of hydrogen-bond donors (Lipinski definition) is 1. The van der Waals surface area contributed by atoms with Crippen LogP contribution in [0, 0.1) is 17.5 Å². The fraction of sp³-hybridized carbons (Fsp3) is 0.400. The van der Waals surface area contributed by atoms with Gasteiger partial charge in [-0.15, -0.1) is 0 Å². The van der Waals surface area contributed by atoms with E-state index in [9.17, 15) is 4.79 Å². The van der Waals surface area contributed by atoms with Gasteiger partial charge >= 0.3 is 0 Å². The first-order chi connectivity index (χ1) is 13.5. The van der Waals surface area contributed by atoms with Gasteiger partial charge < -0.3 is 9.64 Å². The summed E-state index contributed by atoms with van der Waals surface area (Å²) < 4.78 is 7.40. The molecule has 0 amide bonds. The predicted molar refractivity (Wildman–Crippen MR) is 112 cm³/mol. The van der Waals surface area contributed by atoms with Crippen molar-refractivity contribution in [3.8, 4) is 11.4 Å². The summed E-state index contributed by atoms with van der Waals surface area (Å²) in [4.78, 5) is 27.1. The summed E-state index contributed by atoms with van der Waals surface area (Å²) in [5.41, 5.74) is 0.967. The van der Waals surface area contributed by atoms with Gasteiger partial charge in [0.1, 0.15) is 21.6 Å². The van der Waals surface area contributed by atoms with Crippen LogP contribution in [0.1, 0.15) is 25.6 Å². The van der Waals surface area contributed by atoms with Crippen molar-refractivity contribution >= 4 is 29.2 Å². The number of hydrogen-bond acceptors (Lipinski definition) is 6. The summed E-state index contributed by atoms with van der Waals surface area (Å²) in [5.74, 6) is 2.71. The smallest absolute Gasteiger partial charge is 0.264 e. The van der Waals surface area contributed by atoms with Gasteiger partial charge in [-0.05, 0) is 49.9 Å². The van der Waals surface area contributed by atoms with Crippen LogP contribution in [0.25, 0.3) is 16.7 Å². The van der Waals surface area contributed by atoms with Gasteiger partial charge in [-0.2, -0.15) is 4.98 Å². The maximum absolute atomic E-state index is 12.9. The van der Waals surface area contributed by atoms with Gasteiger partial charge in [0.25, 0.3) is 5.56 Å². The number of methoxy groups -OCH3 is 1. The molecule has 4 rings (SSSR count). The van der Waals surface area contributed by atoms with E-state index in [1.54, 1.807) is 11.7 Å². The number of ether oxygens (including phenoxy) is 1. The summed E-state index contributed by atoms with van der Waals surface area (Å²) in [5, 5.41) is 0.338. The number of nitrogens with zero attached hydrogens (tertiary/aromatic N) is 4. The Morgan fingerprint density at radius 3 is 2.50 bits per heavy atom. The average Bonchev–Trinajstić information content (AvgIpc) is 2.68. The third-order valence-corrected chi connectivity index (χ3v) is 5.70. The summed E-state index contributed by atoms with van der Waals surface area (Å²) in [6, 6.07) is 7.48. The number of aryl methyl sites for hydroxylation is 1. The molecule has 0 radical (unpaired) electrons. The van der Waals surface area contributed by atoms with E-state index in [4.69, 9.17) is 17.0 Å². The Bertz CT molecular complexity index is 1130. The van der Waals surface area contributed by atoms with Crippen LogP contribution in [-0.4, -0.2) is 39.7 Å². The lowest BCUT2D eigenvalue weighted by Gasteiger charge is -2.30. The molecule has 7 nitrogen and oxygen atoms in total. The highest BCUT2D eigenvalue weighted by atomic mass is 32.1. The van der Waals surface area contributed by atoms with Gasteiger partial charge in [0.15, 0.2) is 5.65 Å². The van der Waals surface area contributed by atoms with Crippen LogP contribution in [-0.2, 0) is 0 Å². The van der Waals surface area contributed by atoms with Crippen molar-refractivity contribution in [3.63, 3.8) is 0 Å². The summed E-state index contributed by atoms with van der Waals surface area (Å²) in [6.45, 7) is 5.88. The molecule has 0 unspecified atom stereocenters. The molecule has 1 aromatic carbocycles. The Balaban J connectivity index is 1.83. The van der Waals surface area contributed by atoms with Crippen molar-refractivity contribution < 1.29 is 4.74 Å². The highest BCUT2D eigenvalue weighted by molar-refractivity contribution is 7.71. The van der Waals surface area contributed by atoms with Crippen LogP contribution < -0.4 is 15.2 Å². The monoisotopic (exact) mass is 397 g/mol. The number of benzene rings is 1. The van der Waals surface area contributed by atoms with Crippen molar-refractivity contribution in [2.75, 3.05) is 25.1 Å².